The normalized spacial score (nSPS) is 17.7. The van der Waals surface area contributed by atoms with Crippen LogP contribution < -0.4 is 0 Å². The third-order valence-corrected chi connectivity index (χ3v) is 4.15. The van der Waals surface area contributed by atoms with Crippen molar-refractivity contribution >= 4 is 40.0 Å². The van der Waals surface area contributed by atoms with Crippen LogP contribution in [-0.4, -0.2) is 40.6 Å². The van der Waals surface area contributed by atoms with E-state index in [-0.39, 0.29) is 11.7 Å². The molecule has 1 aromatic rings. The van der Waals surface area contributed by atoms with Gasteiger partial charge in [0.1, 0.15) is 0 Å². The van der Waals surface area contributed by atoms with Crippen molar-refractivity contribution in [2.24, 2.45) is 4.99 Å². The van der Waals surface area contributed by atoms with Gasteiger partial charge in [-0.3, -0.25) is 9.59 Å². The first-order chi connectivity index (χ1) is 8.16. The van der Waals surface area contributed by atoms with Crippen LogP contribution in [0.4, 0.5) is 0 Å². The predicted molar refractivity (Wildman–Crippen MR) is 70.8 cm³/mol. The smallest absolute Gasteiger partial charge is 0.244 e. The summed E-state index contributed by atoms with van der Waals surface area (Å²) in [6, 6.07) is 3.68. The summed E-state index contributed by atoms with van der Waals surface area (Å²) in [5.74, 6) is 0.742. The van der Waals surface area contributed by atoms with E-state index in [2.05, 4.69) is 4.99 Å². The van der Waals surface area contributed by atoms with Crippen molar-refractivity contribution in [2.45, 2.75) is 6.92 Å². The largest absolute Gasteiger partial charge is 0.343 e. The maximum absolute atomic E-state index is 11.9. The Labute approximate surface area is 108 Å². The highest BCUT2D eigenvalue weighted by molar-refractivity contribution is 8.14. The zero-order chi connectivity index (χ0) is 12.3. The molecule has 90 valence electrons. The Balaban J connectivity index is 2.03. The molecule has 0 unspecified atom stereocenters. The molecule has 2 rings (SSSR count). The second-order valence-corrected chi connectivity index (χ2v) is 5.59. The number of Topliss-reactive ketones (excluding diaryl/α,β-unsaturated/α-hetero) is 1. The maximum atomic E-state index is 11.9. The number of aliphatic imine (C=N–C) groups is 1. The molecular formula is C11H12N2O2S2. The van der Waals surface area contributed by atoms with Gasteiger partial charge in [-0.1, -0.05) is 17.8 Å². The SMILES string of the molecule is CC(=O)N=C1SCCN1CC(=O)c1cccs1. The predicted octanol–water partition coefficient (Wildman–Crippen LogP) is 1.88. The number of hydrogen-bond acceptors (Lipinski definition) is 4. The minimum absolute atomic E-state index is 0.0822. The van der Waals surface area contributed by atoms with Crippen LogP contribution in [0.25, 0.3) is 0 Å². The number of amides is 1. The van der Waals surface area contributed by atoms with Gasteiger partial charge in [0, 0.05) is 19.2 Å². The summed E-state index contributed by atoms with van der Waals surface area (Å²) in [6.45, 7) is 2.50. The van der Waals surface area contributed by atoms with Gasteiger partial charge in [-0.25, -0.2) is 0 Å². The number of thioether (sulfide) groups is 1. The van der Waals surface area contributed by atoms with E-state index >= 15 is 0 Å². The minimum atomic E-state index is -0.219. The summed E-state index contributed by atoms with van der Waals surface area (Å²) >= 11 is 2.96. The first-order valence-corrected chi connectivity index (χ1v) is 7.07. The van der Waals surface area contributed by atoms with Crippen molar-refractivity contribution in [3.63, 3.8) is 0 Å². The van der Waals surface area contributed by atoms with E-state index in [9.17, 15) is 9.59 Å². The molecule has 1 aliphatic rings. The Bertz CT molecular complexity index is 454. The average molecular weight is 268 g/mol. The molecule has 2 heterocycles. The standard InChI is InChI=1S/C11H12N2O2S2/c1-8(14)12-11-13(4-6-17-11)7-9(15)10-3-2-5-16-10/h2-3,5H,4,6-7H2,1H3. The zero-order valence-electron chi connectivity index (χ0n) is 9.38. The van der Waals surface area contributed by atoms with Gasteiger partial charge >= 0.3 is 0 Å². The van der Waals surface area contributed by atoms with Gasteiger partial charge in [-0.05, 0) is 11.4 Å². The fourth-order valence-electron chi connectivity index (χ4n) is 1.51. The molecule has 4 nitrogen and oxygen atoms in total. The van der Waals surface area contributed by atoms with Gasteiger partial charge in [0.2, 0.25) is 5.91 Å². The van der Waals surface area contributed by atoms with Crippen LogP contribution in [0, 0.1) is 0 Å². The van der Waals surface area contributed by atoms with Gasteiger partial charge in [0.25, 0.3) is 0 Å². The Morgan fingerprint density at radius 2 is 2.35 bits per heavy atom. The summed E-state index contributed by atoms with van der Waals surface area (Å²) < 4.78 is 0. The molecule has 6 heteroatoms. The molecule has 0 aromatic carbocycles. The lowest BCUT2D eigenvalue weighted by molar-refractivity contribution is -0.115. The van der Waals surface area contributed by atoms with Crippen molar-refractivity contribution in [3.05, 3.63) is 22.4 Å². The Kier molecular flexibility index (Phi) is 3.96. The van der Waals surface area contributed by atoms with E-state index in [1.165, 1.54) is 30.0 Å². The number of carbonyl (C=O) groups is 2. The number of amidine groups is 1. The van der Waals surface area contributed by atoms with Crippen LogP contribution >= 0.6 is 23.1 Å². The van der Waals surface area contributed by atoms with E-state index in [0.29, 0.717) is 11.7 Å². The van der Waals surface area contributed by atoms with Gasteiger partial charge in [-0.15, -0.1) is 11.3 Å². The number of nitrogens with zero attached hydrogens (tertiary/aromatic N) is 2. The Morgan fingerprint density at radius 1 is 1.53 bits per heavy atom. The summed E-state index contributed by atoms with van der Waals surface area (Å²) in [5, 5.41) is 2.55. The highest BCUT2D eigenvalue weighted by atomic mass is 32.2. The fraction of sp³-hybridized carbons (Fsp3) is 0.364. The maximum Gasteiger partial charge on any atom is 0.244 e. The van der Waals surface area contributed by atoms with E-state index in [1.54, 1.807) is 0 Å². The van der Waals surface area contributed by atoms with Gasteiger partial charge in [-0.2, -0.15) is 4.99 Å². The number of hydrogen-bond donors (Lipinski definition) is 0. The molecule has 0 atom stereocenters. The Morgan fingerprint density at radius 3 is 3.00 bits per heavy atom. The lowest BCUT2D eigenvalue weighted by atomic mass is 10.3. The number of thiophene rings is 1. The first kappa shape index (κ1) is 12.3. The van der Waals surface area contributed by atoms with Gasteiger partial charge in [0.05, 0.1) is 11.4 Å². The summed E-state index contributed by atoms with van der Waals surface area (Å²) in [7, 11) is 0. The molecule has 1 amide bonds. The molecule has 1 aliphatic heterocycles. The van der Waals surface area contributed by atoms with Crippen molar-refractivity contribution in [1.82, 2.24) is 4.90 Å². The lowest BCUT2D eigenvalue weighted by Crippen LogP contribution is -2.30. The van der Waals surface area contributed by atoms with Crippen LogP contribution in [0.1, 0.15) is 16.6 Å². The van der Waals surface area contributed by atoms with Crippen LogP contribution in [0.5, 0.6) is 0 Å². The van der Waals surface area contributed by atoms with E-state index < -0.39 is 0 Å². The van der Waals surface area contributed by atoms with Crippen LogP contribution in [0.15, 0.2) is 22.5 Å². The number of rotatable bonds is 3. The molecule has 1 saturated heterocycles. The number of ketones is 1. The van der Waals surface area contributed by atoms with Gasteiger partial charge < -0.3 is 4.90 Å². The monoisotopic (exact) mass is 268 g/mol. The summed E-state index contributed by atoms with van der Waals surface area (Å²) in [5.41, 5.74) is 0. The molecule has 1 fully saturated rings. The zero-order valence-corrected chi connectivity index (χ0v) is 11.0. The van der Waals surface area contributed by atoms with Crippen molar-refractivity contribution in [1.29, 1.82) is 0 Å². The fourth-order valence-corrected chi connectivity index (χ4v) is 3.19. The van der Waals surface area contributed by atoms with Crippen molar-refractivity contribution in [3.8, 4) is 0 Å². The molecule has 0 radical (unpaired) electrons. The second kappa shape index (κ2) is 5.46. The molecule has 0 bridgehead atoms. The highest BCUT2D eigenvalue weighted by Crippen LogP contribution is 2.19. The van der Waals surface area contributed by atoms with Crippen LogP contribution in [0.2, 0.25) is 0 Å². The van der Waals surface area contributed by atoms with Crippen LogP contribution in [0.3, 0.4) is 0 Å². The third-order valence-electron chi connectivity index (χ3n) is 2.25. The van der Waals surface area contributed by atoms with Crippen LogP contribution in [-0.2, 0) is 4.79 Å². The minimum Gasteiger partial charge on any atom is -0.343 e. The molecule has 0 aliphatic carbocycles. The topological polar surface area (TPSA) is 49.7 Å². The van der Waals surface area contributed by atoms with Crippen molar-refractivity contribution in [2.75, 3.05) is 18.8 Å². The quantitative estimate of drug-likeness (QED) is 0.785. The lowest BCUT2D eigenvalue weighted by Gasteiger charge is -2.15. The summed E-state index contributed by atoms with van der Waals surface area (Å²) in [6.07, 6.45) is 0. The Hall–Kier alpha value is -1.14. The van der Waals surface area contributed by atoms with E-state index in [4.69, 9.17) is 0 Å². The first-order valence-electron chi connectivity index (χ1n) is 5.20. The molecule has 0 spiro atoms. The van der Waals surface area contributed by atoms with E-state index in [1.807, 2.05) is 22.4 Å². The number of carbonyl (C=O) groups excluding carboxylic acids is 2. The van der Waals surface area contributed by atoms with Gasteiger partial charge in [0.15, 0.2) is 11.0 Å². The highest BCUT2D eigenvalue weighted by Gasteiger charge is 2.23. The molecule has 17 heavy (non-hydrogen) atoms. The average Bonchev–Trinajstić information content (AvgIpc) is 2.89. The van der Waals surface area contributed by atoms with E-state index in [0.717, 1.165) is 17.2 Å². The molecule has 0 saturated carbocycles. The third kappa shape index (κ3) is 3.17. The summed E-state index contributed by atoms with van der Waals surface area (Å²) in [4.78, 5) is 29.4. The second-order valence-electron chi connectivity index (χ2n) is 3.58. The molecular weight excluding hydrogens is 256 g/mol. The van der Waals surface area contributed by atoms with Crippen molar-refractivity contribution < 1.29 is 9.59 Å². The molecule has 0 N–H and O–H groups in total. The molecule has 1 aromatic heterocycles.